The number of thiazole rings is 2. The molecule has 1 saturated carbocycles. The second-order valence-corrected chi connectivity index (χ2v) is 12.5. The van der Waals surface area contributed by atoms with E-state index in [0.717, 1.165) is 37.1 Å². The van der Waals surface area contributed by atoms with Gasteiger partial charge in [0.15, 0.2) is 0 Å². The Morgan fingerprint density at radius 1 is 0.921 bits per heavy atom. The highest BCUT2D eigenvalue weighted by Gasteiger charge is 2.49. The van der Waals surface area contributed by atoms with Crippen LogP contribution >= 0.6 is 22.7 Å². The van der Waals surface area contributed by atoms with Gasteiger partial charge in [0.05, 0.1) is 21.0 Å². The predicted octanol–water partition coefficient (Wildman–Crippen LogP) is 5.95. The normalized spacial score (nSPS) is 22.6. The van der Waals surface area contributed by atoms with E-state index in [1.165, 1.54) is 11.3 Å². The first-order valence-electron chi connectivity index (χ1n) is 12.4. The molecule has 0 radical (unpaired) electrons. The van der Waals surface area contributed by atoms with Crippen molar-refractivity contribution in [2.45, 2.75) is 43.4 Å². The van der Waals surface area contributed by atoms with Crippen LogP contribution in [0.2, 0.25) is 0 Å². The number of hydrogen-bond acceptors (Lipinski definition) is 8. The van der Waals surface area contributed by atoms with Crippen molar-refractivity contribution < 1.29 is 10.2 Å². The molecule has 6 rings (SSSR count). The molecule has 1 aliphatic carbocycles. The van der Waals surface area contributed by atoms with Gasteiger partial charge in [-0.2, -0.15) is 0 Å². The summed E-state index contributed by atoms with van der Waals surface area (Å²) in [7, 11) is 0. The average molecular weight is 541 g/mol. The van der Waals surface area contributed by atoms with Crippen LogP contribution in [0.4, 0.5) is 0 Å². The first-order valence-corrected chi connectivity index (χ1v) is 14.1. The highest BCUT2D eigenvalue weighted by Crippen LogP contribution is 2.47. The van der Waals surface area contributed by atoms with Crippen molar-refractivity contribution in [3.8, 4) is 31.6 Å². The molecule has 1 unspecified atom stereocenters. The SMILES string of the molecule is CC1(O)CC(N)(c2ccc(-c3nc(-c4cnc(C(C)(O)c5cccnc5)s4)sc3-c3ccccc3)cc2)C1. The lowest BCUT2D eigenvalue weighted by Gasteiger charge is -2.49. The minimum absolute atomic E-state index is 0.498. The van der Waals surface area contributed by atoms with Gasteiger partial charge in [-0.3, -0.25) is 4.98 Å². The number of nitrogens with two attached hydrogens (primary N) is 1. The van der Waals surface area contributed by atoms with Crippen LogP contribution in [-0.2, 0) is 11.1 Å². The maximum absolute atomic E-state index is 11.2. The van der Waals surface area contributed by atoms with Gasteiger partial charge in [0.2, 0.25) is 0 Å². The number of pyridine rings is 1. The second-order valence-electron chi connectivity index (χ2n) is 10.5. The molecule has 0 spiro atoms. The zero-order valence-electron chi connectivity index (χ0n) is 21.1. The Morgan fingerprint density at radius 3 is 2.32 bits per heavy atom. The Balaban J connectivity index is 1.37. The fourth-order valence-corrected chi connectivity index (χ4v) is 7.37. The molecule has 3 aromatic heterocycles. The van der Waals surface area contributed by atoms with Gasteiger partial charge >= 0.3 is 0 Å². The Labute approximate surface area is 229 Å². The Morgan fingerprint density at radius 2 is 1.66 bits per heavy atom. The Bertz CT molecular complexity index is 1570. The molecule has 4 N–H and O–H groups in total. The van der Waals surface area contributed by atoms with Crippen molar-refractivity contribution in [2.75, 3.05) is 0 Å². The zero-order chi connectivity index (χ0) is 26.5. The topological polar surface area (TPSA) is 105 Å². The maximum Gasteiger partial charge on any atom is 0.140 e. The molecule has 0 bridgehead atoms. The van der Waals surface area contributed by atoms with E-state index < -0.39 is 16.7 Å². The summed E-state index contributed by atoms with van der Waals surface area (Å²) in [6.45, 7) is 3.57. The zero-order valence-corrected chi connectivity index (χ0v) is 22.8. The van der Waals surface area contributed by atoms with Crippen LogP contribution in [0.5, 0.6) is 0 Å². The fraction of sp³-hybridized carbons (Fsp3) is 0.233. The van der Waals surface area contributed by atoms with Crippen LogP contribution in [0.1, 0.15) is 42.8 Å². The summed E-state index contributed by atoms with van der Waals surface area (Å²) in [4.78, 5) is 15.7. The molecule has 1 aliphatic rings. The van der Waals surface area contributed by atoms with E-state index in [9.17, 15) is 10.2 Å². The molecular formula is C30H28N4O2S2. The molecule has 6 nitrogen and oxygen atoms in total. The third-order valence-electron chi connectivity index (χ3n) is 7.15. The van der Waals surface area contributed by atoms with E-state index >= 15 is 0 Å². The van der Waals surface area contributed by atoms with Gasteiger partial charge in [-0.15, -0.1) is 22.7 Å². The summed E-state index contributed by atoms with van der Waals surface area (Å²) in [6.07, 6.45) is 6.23. The van der Waals surface area contributed by atoms with Crippen LogP contribution in [0, 0.1) is 0 Å². The van der Waals surface area contributed by atoms with E-state index in [4.69, 9.17) is 10.7 Å². The first kappa shape index (κ1) is 25.0. The van der Waals surface area contributed by atoms with Crippen LogP contribution in [0.3, 0.4) is 0 Å². The average Bonchev–Trinajstić information content (AvgIpc) is 3.57. The quantitative estimate of drug-likeness (QED) is 0.246. The monoisotopic (exact) mass is 540 g/mol. The predicted molar refractivity (Wildman–Crippen MR) is 153 cm³/mol. The lowest BCUT2D eigenvalue weighted by Crippen LogP contribution is -2.58. The van der Waals surface area contributed by atoms with Gasteiger partial charge in [-0.25, -0.2) is 9.97 Å². The van der Waals surface area contributed by atoms with Gasteiger partial charge in [-0.1, -0.05) is 60.7 Å². The smallest absolute Gasteiger partial charge is 0.140 e. The van der Waals surface area contributed by atoms with Crippen molar-refractivity contribution in [2.24, 2.45) is 5.73 Å². The van der Waals surface area contributed by atoms with Crippen molar-refractivity contribution >= 4 is 22.7 Å². The standard InChI is InChI=1S/C30H28N4O2S2/c1-28(35)17-30(31,18-28)21-12-10-19(11-13-21)24-25(20-7-4-3-5-8-20)38-26(34-24)23-16-33-27(37-23)29(2,36)22-9-6-14-32-15-22/h3-16,35-36H,17-18,31H2,1-2H3. The number of nitrogens with zero attached hydrogens (tertiary/aromatic N) is 3. The third-order valence-corrected chi connectivity index (χ3v) is 9.63. The summed E-state index contributed by atoms with van der Waals surface area (Å²) >= 11 is 3.05. The van der Waals surface area contributed by atoms with Crippen LogP contribution < -0.4 is 5.73 Å². The van der Waals surface area contributed by atoms with E-state index in [1.54, 1.807) is 36.9 Å². The van der Waals surface area contributed by atoms with Crippen molar-refractivity contribution in [1.82, 2.24) is 15.0 Å². The molecule has 38 heavy (non-hydrogen) atoms. The van der Waals surface area contributed by atoms with Crippen LogP contribution in [0.15, 0.2) is 85.3 Å². The lowest BCUT2D eigenvalue weighted by atomic mass is 9.63. The molecule has 0 amide bonds. The summed E-state index contributed by atoms with van der Waals surface area (Å²) in [6, 6.07) is 22.1. The minimum Gasteiger partial charge on any atom is -0.390 e. The number of aliphatic hydroxyl groups is 2. The number of benzene rings is 2. The molecule has 1 atom stereocenters. The fourth-order valence-electron chi connectivity index (χ4n) is 5.25. The minimum atomic E-state index is -1.25. The third kappa shape index (κ3) is 4.48. The van der Waals surface area contributed by atoms with Gasteiger partial charge in [0.25, 0.3) is 0 Å². The summed E-state index contributed by atoms with van der Waals surface area (Å²) < 4.78 is 0. The van der Waals surface area contributed by atoms with Crippen molar-refractivity contribution in [3.63, 3.8) is 0 Å². The number of aromatic nitrogens is 3. The Kier molecular flexibility index (Phi) is 6.05. The summed E-state index contributed by atoms with van der Waals surface area (Å²) in [5, 5.41) is 22.9. The van der Waals surface area contributed by atoms with Gasteiger partial charge in [-0.05, 0) is 43.9 Å². The molecule has 2 aromatic carbocycles. The molecule has 5 aromatic rings. The van der Waals surface area contributed by atoms with E-state index in [1.807, 2.05) is 49.4 Å². The highest BCUT2D eigenvalue weighted by molar-refractivity contribution is 7.23. The molecule has 8 heteroatoms. The second kappa shape index (κ2) is 9.18. The number of rotatable bonds is 6. The van der Waals surface area contributed by atoms with Gasteiger partial charge in [0, 0.05) is 35.3 Å². The highest BCUT2D eigenvalue weighted by atomic mass is 32.1. The molecule has 0 saturated heterocycles. The van der Waals surface area contributed by atoms with Crippen molar-refractivity contribution in [3.05, 3.63) is 101 Å². The summed E-state index contributed by atoms with van der Waals surface area (Å²) in [5.74, 6) is 0. The van der Waals surface area contributed by atoms with Gasteiger partial charge < -0.3 is 15.9 Å². The molecular weight excluding hydrogens is 512 g/mol. The maximum atomic E-state index is 11.2. The van der Waals surface area contributed by atoms with E-state index in [2.05, 4.69) is 34.2 Å². The summed E-state index contributed by atoms with van der Waals surface area (Å²) in [5.41, 5.74) is 8.81. The molecule has 0 aliphatic heterocycles. The van der Waals surface area contributed by atoms with Gasteiger partial charge in [0.1, 0.15) is 15.6 Å². The molecule has 192 valence electrons. The molecule has 1 fully saturated rings. The Hall–Kier alpha value is -3.27. The largest absolute Gasteiger partial charge is 0.390 e. The molecule has 3 heterocycles. The number of hydrogen-bond donors (Lipinski definition) is 3. The van der Waals surface area contributed by atoms with Crippen molar-refractivity contribution in [1.29, 1.82) is 0 Å². The van der Waals surface area contributed by atoms with E-state index in [-0.39, 0.29) is 0 Å². The van der Waals surface area contributed by atoms with Crippen LogP contribution in [-0.4, -0.2) is 30.8 Å². The van der Waals surface area contributed by atoms with Crippen LogP contribution in [0.25, 0.3) is 31.6 Å². The first-order chi connectivity index (χ1) is 18.1. The lowest BCUT2D eigenvalue weighted by molar-refractivity contribution is -0.0738. The van der Waals surface area contributed by atoms with E-state index in [0.29, 0.717) is 23.4 Å².